The van der Waals surface area contributed by atoms with E-state index in [4.69, 9.17) is 4.98 Å². The number of fused-ring (bicyclic) bond motifs is 3. The van der Waals surface area contributed by atoms with Gasteiger partial charge < -0.3 is 4.57 Å². The van der Waals surface area contributed by atoms with E-state index in [2.05, 4.69) is 54.0 Å². The average molecular weight is 565 g/mol. The van der Waals surface area contributed by atoms with Crippen molar-refractivity contribution in [1.29, 1.82) is 5.26 Å². The molecule has 0 unspecified atom stereocenters. The molecule has 0 fully saturated rings. The molecule has 0 aliphatic carbocycles. The summed E-state index contributed by atoms with van der Waals surface area (Å²) in [6, 6.07) is 32.0. The molecule has 1 radical (unpaired) electrons. The Kier molecular flexibility index (Phi) is 5.50. The van der Waals surface area contributed by atoms with E-state index in [-0.39, 0.29) is 20.1 Å². The number of para-hydroxylation sites is 1. The van der Waals surface area contributed by atoms with E-state index < -0.39 is 0 Å². The summed E-state index contributed by atoms with van der Waals surface area (Å²) in [5.74, 6) is 0.800. The van der Waals surface area contributed by atoms with Gasteiger partial charge in [0.25, 0.3) is 0 Å². The number of nitriles is 1. The van der Waals surface area contributed by atoms with E-state index in [1.165, 1.54) is 0 Å². The molecule has 0 spiro atoms. The van der Waals surface area contributed by atoms with E-state index in [9.17, 15) is 5.26 Å². The summed E-state index contributed by atoms with van der Waals surface area (Å²) in [6.45, 7) is 2.12. The quantitative estimate of drug-likeness (QED) is 0.250. The molecule has 0 N–H and O–H groups in total. The molecule has 0 atom stereocenters. The monoisotopic (exact) mass is 565 g/mol. The fraction of sp³-hybridized carbons (Fsp3) is 0.0769. The van der Waals surface area contributed by atoms with Gasteiger partial charge in [0, 0.05) is 25.5 Å². The van der Waals surface area contributed by atoms with Gasteiger partial charge in [-0.15, -0.1) is 35.9 Å². The van der Waals surface area contributed by atoms with Gasteiger partial charge in [-0.3, -0.25) is 4.98 Å². The van der Waals surface area contributed by atoms with Gasteiger partial charge in [0.05, 0.1) is 28.1 Å². The molecule has 147 valence electrons. The van der Waals surface area contributed by atoms with Crippen molar-refractivity contribution in [2.45, 2.75) is 13.3 Å². The smallest absolute Gasteiger partial charge is 0.101 e. The Morgan fingerprint density at radius 2 is 1.80 bits per heavy atom. The zero-order valence-electron chi connectivity index (χ0n) is 16.4. The van der Waals surface area contributed by atoms with Gasteiger partial charge in [-0.1, -0.05) is 49.4 Å². The van der Waals surface area contributed by atoms with Gasteiger partial charge in [-0.2, -0.15) is 5.26 Å². The summed E-state index contributed by atoms with van der Waals surface area (Å²) < 4.78 is 2.15. The third-order valence-corrected chi connectivity index (χ3v) is 5.34. The zero-order valence-corrected chi connectivity index (χ0v) is 18.8. The second-order valence-electron chi connectivity index (χ2n) is 6.98. The van der Waals surface area contributed by atoms with Crippen molar-refractivity contribution in [3.8, 4) is 23.1 Å². The van der Waals surface area contributed by atoms with Gasteiger partial charge in [0.15, 0.2) is 0 Å². The topological polar surface area (TPSA) is 41.6 Å². The van der Waals surface area contributed by atoms with E-state index in [0.717, 1.165) is 50.9 Å². The SMILES string of the molecule is CCc1cccc(C#N)c1-n1c(-c2[c-]cccc2)nc2ccc3ccccc3c21.[Ir]. The van der Waals surface area contributed by atoms with E-state index in [1.54, 1.807) is 0 Å². The summed E-state index contributed by atoms with van der Waals surface area (Å²) >= 11 is 0. The maximum atomic E-state index is 9.89. The van der Waals surface area contributed by atoms with Crippen molar-refractivity contribution >= 4 is 21.8 Å². The zero-order chi connectivity index (χ0) is 19.8. The Bertz CT molecular complexity index is 1400. The molecule has 0 saturated carbocycles. The molecule has 0 amide bonds. The fourth-order valence-electron chi connectivity index (χ4n) is 4.00. The second-order valence-corrected chi connectivity index (χ2v) is 6.98. The molecule has 3 nitrogen and oxygen atoms in total. The van der Waals surface area contributed by atoms with Crippen molar-refractivity contribution < 1.29 is 20.1 Å². The maximum absolute atomic E-state index is 9.89. The van der Waals surface area contributed by atoms with Crippen LogP contribution >= 0.6 is 0 Å². The number of aromatic nitrogens is 2. The van der Waals surface area contributed by atoms with Gasteiger partial charge in [-0.05, 0) is 29.5 Å². The molecule has 0 aliphatic rings. The largest absolute Gasteiger partial charge is 0.331 e. The molecule has 4 aromatic carbocycles. The number of aryl methyl sites for hydroxylation is 1. The minimum atomic E-state index is 0. The van der Waals surface area contributed by atoms with Gasteiger partial charge in [0.1, 0.15) is 6.07 Å². The third kappa shape index (κ3) is 3.13. The van der Waals surface area contributed by atoms with Gasteiger partial charge in [-0.25, -0.2) is 0 Å². The normalized spacial score (nSPS) is 10.7. The van der Waals surface area contributed by atoms with Crippen LogP contribution in [-0.2, 0) is 26.5 Å². The first-order chi connectivity index (χ1) is 14.3. The summed E-state index contributed by atoms with van der Waals surface area (Å²) in [5.41, 5.74) is 5.51. The van der Waals surface area contributed by atoms with Gasteiger partial charge in [0.2, 0.25) is 0 Å². The van der Waals surface area contributed by atoms with Crippen molar-refractivity contribution in [2.75, 3.05) is 0 Å². The molecular weight excluding hydrogens is 547 g/mol. The number of hydrogen-bond acceptors (Lipinski definition) is 2. The summed E-state index contributed by atoms with van der Waals surface area (Å²) in [5, 5.41) is 12.2. The standard InChI is InChI=1S/C26H18N3.Ir/c1-2-18-12-8-13-21(17-27)24(18)29-25-22-14-7-6-9-19(22)15-16-23(25)28-26(29)20-10-4-3-5-11-20;/h3-10,12-16H,2H2,1H3;/q-1;. The minimum absolute atomic E-state index is 0. The molecule has 5 aromatic rings. The molecule has 1 aromatic heterocycles. The van der Waals surface area contributed by atoms with Crippen LogP contribution in [0.5, 0.6) is 0 Å². The van der Waals surface area contributed by atoms with Crippen LogP contribution < -0.4 is 0 Å². The molecule has 1 heterocycles. The first-order valence-electron chi connectivity index (χ1n) is 9.71. The van der Waals surface area contributed by atoms with Gasteiger partial charge >= 0.3 is 0 Å². The van der Waals surface area contributed by atoms with Crippen molar-refractivity contribution in [3.05, 3.63) is 96.1 Å². The second kappa shape index (κ2) is 8.24. The molecule has 0 bridgehead atoms. The molecule has 0 saturated heterocycles. The maximum Gasteiger partial charge on any atom is 0.101 e. The summed E-state index contributed by atoms with van der Waals surface area (Å²) in [4.78, 5) is 4.98. The first-order valence-corrected chi connectivity index (χ1v) is 9.71. The molecule has 4 heteroatoms. The van der Waals surface area contributed by atoms with Crippen molar-refractivity contribution in [1.82, 2.24) is 9.55 Å². The first kappa shape index (κ1) is 20.0. The van der Waals surface area contributed by atoms with Crippen LogP contribution in [0.3, 0.4) is 0 Å². The molecular formula is C26H18IrN3-. The Hall–Kier alpha value is -3.25. The van der Waals surface area contributed by atoms with Crippen LogP contribution in [0, 0.1) is 17.4 Å². The Balaban J connectivity index is 0.00000218. The third-order valence-electron chi connectivity index (χ3n) is 5.34. The average Bonchev–Trinajstić information content (AvgIpc) is 3.18. The number of imidazole rings is 1. The Morgan fingerprint density at radius 3 is 2.57 bits per heavy atom. The van der Waals surface area contributed by atoms with E-state index in [0.29, 0.717) is 5.56 Å². The Labute approximate surface area is 189 Å². The Morgan fingerprint density at radius 1 is 0.967 bits per heavy atom. The predicted octanol–water partition coefficient (Wildman–Crippen LogP) is 6.08. The number of nitrogens with zero attached hydrogens (tertiary/aromatic N) is 3. The van der Waals surface area contributed by atoms with Crippen LogP contribution in [0.1, 0.15) is 18.1 Å². The number of rotatable bonds is 3. The number of hydrogen-bond donors (Lipinski definition) is 0. The van der Waals surface area contributed by atoms with E-state index >= 15 is 0 Å². The van der Waals surface area contributed by atoms with Crippen LogP contribution in [0.2, 0.25) is 0 Å². The van der Waals surface area contributed by atoms with Crippen LogP contribution in [-0.4, -0.2) is 9.55 Å². The van der Waals surface area contributed by atoms with Crippen molar-refractivity contribution in [2.24, 2.45) is 0 Å². The van der Waals surface area contributed by atoms with Crippen molar-refractivity contribution in [3.63, 3.8) is 0 Å². The summed E-state index contributed by atoms with van der Waals surface area (Å²) in [7, 11) is 0. The van der Waals surface area contributed by atoms with Crippen LogP contribution in [0.25, 0.3) is 38.9 Å². The predicted molar refractivity (Wildman–Crippen MR) is 117 cm³/mol. The minimum Gasteiger partial charge on any atom is -0.331 e. The molecule has 30 heavy (non-hydrogen) atoms. The molecule has 5 rings (SSSR count). The van der Waals surface area contributed by atoms with Crippen LogP contribution in [0.4, 0.5) is 0 Å². The fourth-order valence-corrected chi connectivity index (χ4v) is 4.00. The van der Waals surface area contributed by atoms with Crippen LogP contribution in [0.15, 0.2) is 78.9 Å². The van der Waals surface area contributed by atoms with E-state index in [1.807, 2.05) is 48.5 Å². The number of benzene rings is 4. The molecule has 0 aliphatic heterocycles. The summed E-state index contributed by atoms with van der Waals surface area (Å²) in [6.07, 6.45) is 0.827.